The van der Waals surface area contributed by atoms with Gasteiger partial charge in [0.2, 0.25) is 0 Å². The maximum atomic E-state index is 6.20. The molecule has 1 aromatic carbocycles. The largest absolute Gasteiger partial charge is 0.318 e. The van der Waals surface area contributed by atoms with Gasteiger partial charge in [-0.05, 0) is 17.7 Å². The molecule has 0 bridgehead atoms. The summed E-state index contributed by atoms with van der Waals surface area (Å²) in [7, 11) is 0. The normalized spacial score (nSPS) is 12.3. The molecule has 3 rings (SSSR count). The predicted molar refractivity (Wildman–Crippen MR) is 80.6 cm³/mol. The summed E-state index contributed by atoms with van der Waals surface area (Å²) in [6, 6.07) is 13.2. The van der Waals surface area contributed by atoms with E-state index in [1.807, 2.05) is 36.4 Å². The molecule has 0 radical (unpaired) electrons. The van der Waals surface area contributed by atoms with Crippen molar-refractivity contribution in [2.75, 3.05) is 0 Å². The first kappa shape index (κ1) is 13.2. The molecule has 0 saturated carbocycles. The summed E-state index contributed by atoms with van der Waals surface area (Å²) in [6.45, 7) is 0. The smallest absolute Gasteiger partial charge is 0.166 e. The summed E-state index contributed by atoms with van der Waals surface area (Å²) in [4.78, 5) is 4.23. The highest BCUT2D eigenvalue weighted by atomic mass is 35.5. The molecule has 0 aliphatic heterocycles. The Labute approximate surface area is 125 Å². The number of hydrogen-bond donors (Lipinski definition) is 1. The fourth-order valence-electron chi connectivity index (χ4n) is 1.77. The lowest BCUT2D eigenvalue weighted by atomic mass is 10.1. The van der Waals surface area contributed by atoms with E-state index in [1.54, 1.807) is 12.3 Å². The highest BCUT2D eigenvalue weighted by Gasteiger charge is 2.15. The Balaban J connectivity index is 1.89. The average Bonchev–Trinajstić information content (AvgIpc) is 2.98. The molecule has 100 valence electrons. The number of benzene rings is 1. The Morgan fingerprint density at radius 1 is 1.05 bits per heavy atom. The summed E-state index contributed by atoms with van der Waals surface area (Å²) in [5, 5.41) is 10.4. The molecular weight excluding hydrogens is 292 g/mol. The van der Waals surface area contributed by atoms with E-state index >= 15 is 0 Å². The maximum absolute atomic E-state index is 6.20. The lowest BCUT2D eigenvalue weighted by Crippen LogP contribution is -2.11. The number of hydrogen-bond acceptors (Lipinski definition) is 5. The molecule has 0 amide bonds. The van der Waals surface area contributed by atoms with E-state index in [0.717, 1.165) is 21.3 Å². The Bertz CT molecular complexity index is 697. The lowest BCUT2D eigenvalue weighted by molar-refractivity contribution is 0.830. The van der Waals surface area contributed by atoms with Crippen LogP contribution in [-0.2, 0) is 0 Å². The van der Waals surface area contributed by atoms with Crippen molar-refractivity contribution < 1.29 is 0 Å². The van der Waals surface area contributed by atoms with Crippen LogP contribution in [0.15, 0.2) is 48.7 Å². The van der Waals surface area contributed by atoms with Crippen molar-refractivity contribution in [2.45, 2.75) is 6.04 Å². The molecule has 0 aliphatic carbocycles. The van der Waals surface area contributed by atoms with Crippen LogP contribution >= 0.6 is 22.9 Å². The molecule has 0 saturated heterocycles. The first-order chi connectivity index (χ1) is 9.74. The average molecular weight is 303 g/mol. The van der Waals surface area contributed by atoms with Gasteiger partial charge in [-0.15, -0.1) is 10.2 Å². The summed E-state index contributed by atoms with van der Waals surface area (Å²) in [5.74, 6) is 0. The van der Waals surface area contributed by atoms with Gasteiger partial charge in [-0.3, -0.25) is 4.98 Å². The Morgan fingerprint density at radius 2 is 1.85 bits per heavy atom. The third-order valence-electron chi connectivity index (χ3n) is 2.81. The number of nitrogens with zero attached hydrogens (tertiary/aromatic N) is 3. The van der Waals surface area contributed by atoms with E-state index in [2.05, 4.69) is 15.2 Å². The molecule has 4 nitrogen and oxygen atoms in total. The van der Waals surface area contributed by atoms with Crippen LogP contribution in [0.3, 0.4) is 0 Å². The molecule has 0 aliphatic rings. The van der Waals surface area contributed by atoms with Gasteiger partial charge in [-0.1, -0.05) is 53.3 Å². The molecule has 1 atom stereocenters. The Morgan fingerprint density at radius 3 is 2.55 bits per heavy atom. The number of pyridine rings is 1. The second-order valence-corrected chi connectivity index (χ2v) is 5.64. The number of nitrogens with two attached hydrogens (primary N) is 1. The zero-order valence-corrected chi connectivity index (χ0v) is 12.0. The third kappa shape index (κ3) is 2.70. The van der Waals surface area contributed by atoms with Crippen LogP contribution in [0.4, 0.5) is 0 Å². The fourth-order valence-corrected chi connectivity index (χ4v) is 2.73. The van der Waals surface area contributed by atoms with Crippen molar-refractivity contribution in [1.82, 2.24) is 15.2 Å². The zero-order chi connectivity index (χ0) is 13.9. The van der Waals surface area contributed by atoms with Crippen LogP contribution in [0.5, 0.6) is 0 Å². The van der Waals surface area contributed by atoms with Crippen LogP contribution < -0.4 is 5.73 Å². The summed E-state index contributed by atoms with van der Waals surface area (Å²) < 4.78 is 0. The second-order valence-electron chi connectivity index (χ2n) is 4.20. The van der Waals surface area contributed by atoms with Crippen LogP contribution in [-0.4, -0.2) is 15.2 Å². The molecule has 0 fully saturated rings. The summed E-state index contributed by atoms with van der Waals surface area (Å²) in [6.07, 6.45) is 1.59. The Hall–Kier alpha value is -1.82. The maximum Gasteiger partial charge on any atom is 0.166 e. The van der Waals surface area contributed by atoms with Gasteiger partial charge in [-0.2, -0.15) is 0 Å². The quantitative estimate of drug-likeness (QED) is 0.806. The fraction of sp³-hybridized carbons (Fsp3) is 0.0714. The van der Waals surface area contributed by atoms with Crippen molar-refractivity contribution in [2.24, 2.45) is 5.73 Å². The van der Waals surface area contributed by atoms with Gasteiger partial charge < -0.3 is 5.73 Å². The van der Waals surface area contributed by atoms with E-state index in [9.17, 15) is 0 Å². The van der Waals surface area contributed by atoms with E-state index in [0.29, 0.717) is 5.02 Å². The van der Waals surface area contributed by atoms with Crippen LogP contribution in [0, 0.1) is 0 Å². The molecule has 20 heavy (non-hydrogen) atoms. The van der Waals surface area contributed by atoms with E-state index in [-0.39, 0.29) is 6.04 Å². The van der Waals surface area contributed by atoms with Crippen molar-refractivity contribution in [3.63, 3.8) is 0 Å². The van der Waals surface area contributed by atoms with Gasteiger partial charge in [0.15, 0.2) is 5.01 Å². The number of aromatic nitrogens is 3. The number of rotatable bonds is 3. The minimum absolute atomic E-state index is 0.269. The minimum Gasteiger partial charge on any atom is -0.318 e. The van der Waals surface area contributed by atoms with E-state index in [1.165, 1.54) is 11.3 Å². The first-order valence-electron chi connectivity index (χ1n) is 6.00. The first-order valence-corrected chi connectivity index (χ1v) is 7.19. The predicted octanol–water partition coefficient (Wildman–Crippen LogP) is 3.30. The molecule has 2 N–H and O–H groups in total. The summed E-state index contributed by atoms with van der Waals surface area (Å²) >= 11 is 7.26. The van der Waals surface area contributed by atoms with Gasteiger partial charge >= 0.3 is 0 Å². The van der Waals surface area contributed by atoms with Crippen molar-refractivity contribution in [3.8, 4) is 10.7 Å². The topological polar surface area (TPSA) is 64.7 Å². The lowest BCUT2D eigenvalue weighted by Gasteiger charge is -2.06. The molecule has 6 heteroatoms. The van der Waals surface area contributed by atoms with Crippen molar-refractivity contribution in [1.29, 1.82) is 0 Å². The molecule has 2 aromatic heterocycles. The summed E-state index contributed by atoms with van der Waals surface area (Å²) in [5.41, 5.74) is 7.96. The van der Waals surface area contributed by atoms with E-state index < -0.39 is 0 Å². The van der Waals surface area contributed by atoms with E-state index in [4.69, 9.17) is 17.3 Å². The van der Waals surface area contributed by atoms with Crippen LogP contribution in [0.1, 0.15) is 16.6 Å². The second kappa shape index (κ2) is 5.66. The monoisotopic (exact) mass is 302 g/mol. The van der Waals surface area contributed by atoms with Crippen LogP contribution in [0.2, 0.25) is 5.02 Å². The van der Waals surface area contributed by atoms with Gasteiger partial charge in [0, 0.05) is 6.20 Å². The molecule has 1 unspecified atom stereocenters. The van der Waals surface area contributed by atoms with Crippen molar-refractivity contribution >= 4 is 22.9 Å². The third-order valence-corrected chi connectivity index (χ3v) is 4.06. The Kier molecular flexibility index (Phi) is 3.73. The molecule has 2 heterocycles. The van der Waals surface area contributed by atoms with Gasteiger partial charge in [-0.25, -0.2) is 0 Å². The molecule has 0 spiro atoms. The zero-order valence-electron chi connectivity index (χ0n) is 10.4. The van der Waals surface area contributed by atoms with Gasteiger partial charge in [0.1, 0.15) is 10.7 Å². The van der Waals surface area contributed by atoms with Gasteiger partial charge in [0.25, 0.3) is 0 Å². The van der Waals surface area contributed by atoms with Crippen LogP contribution in [0.25, 0.3) is 10.7 Å². The highest BCUT2D eigenvalue weighted by Crippen LogP contribution is 2.28. The van der Waals surface area contributed by atoms with Crippen molar-refractivity contribution in [3.05, 3.63) is 64.3 Å². The standard InChI is InChI=1S/C14H11ClN4S/c15-10-6-7-11(17-8-10)13-18-19-14(20-13)12(16)9-4-2-1-3-5-9/h1-8,12H,16H2. The molecule has 3 aromatic rings. The highest BCUT2D eigenvalue weighted by molar-refractivity contribution is 7.14. The molecular formula is C14H11ClN4S. The SMILES string of the molecule is NC(c1ccccc1)c1nnc(-c2ccc(Cl)cn2)s1. The van der Waals surface area contributed by atoms with Gasteiger partial charge in [0.05, 0.1) is 11.1 Å². The minimum atomic E-state index is -0.269. The number of halogens is 1.